The van der Waals surface area contributed by atoms with Crippen molar-refractivity contribution in [3.05, 3.63) is 0 Å². The molecule has 2 nitrogen and oxygen atoms in total. The van der Waals surface area contributed by atoms with E-state index in [9.17, 15) is 4.79 Å². The van der Waals surface area contributed by atoms with Gasteiger partial charge in [-0.05, 0) is 24.3 Å². The largest absolute Gasteiger partial charge is 0.480 e. The van der Waals surface area contributed by atoms with Crippen LogP contribution in [-0.4, -0.2) is 26.7 Å². The number of rotatable bonds is 2. The molecule has 1 aliphatic heterocycles. The average molecular weight is 192 g/mol. The molecule has 1 fully saturated rings. The van der Waals surface area contributed by atoms with E-state index in [1.807, 2.05) is 6.92 Å². The molecule has 0 radical (unpaired) electrons. The minimum Gasteiger partial charge on any atom is -0.480 e. The van der Waals surface area contributed by atoms with Crippen LogP contribution in [-0.2, 0) is 4.79 Å². The molecule has 1 saturated heterocycles. The van der Waals surface area contributed by atoms with Gasteiger partial charge in [0.05, 0.1) is 0 Å². The Kier molecular flexibility index (Phi) is 3.13. The highest BCUT2D eigenvalue weighted by Crippen LogP contribution is 2.44. The van der Waals surface area contributed by atoms with E-state index in [1.165, 1.54) is 0 Å². The van der Waals surface area contributed by atoms with Crippen LogP contribution in [0.3, 0.4) is 0 Å². The smallest absolute Gasteiger partial charge is 0.330 e. The molecule has 0 saturated carbocycles. The Morgan fingerprint density at radius 3 is 2.36 bits per heavy atom. The second kappa shape index (κ2) is 3.72. The molecule has 64 valence electrons. The summed E-state index contributed by atoms with van der Waals surface area (Å²) < 4.78 is -0.530. The van der Waals surface area contributed by atoms with Crippen molar-refractivity contribution >= 4 is 29.5 Å². The topological polar surface area (TPSA) is 37.3 Å². The summed E-state index contributed by atoms with van der Waals surface area (Å²) in [6.45, 7) is 1.94. The lowest BCUT2D eigenvalue weighted by atomic mass is 10.3. The first-order chi connectivity index (χ1) is 5.21. The van der Waals surface area contributed by atoms with Crippen LogP contribution < -0.4 is 0 Å². The van der Waals surface area contributed by atoms with E-state index in [1.54, 1.807) is 23.5 Å². The van der Waals surface area contributed by atoms with Gasteiger partial charge < -0.3 is 5.11 Å². The lowest BCUT2D eigenvalue weighted by Gasteiger charge is -2.30. The summed E-state index contributed by atoms with van der Waals surface area (Å²) in [5, 5.41) is 8.95. The number of thioether (sulfide) groups is 2. The first-order valence-corrected chi connectivity index (χ1v) is 5.70. The molecule has 0 spiro atoms. The van der Waals surface area contributed by atoms with Crippen LogP contribution >= 0.6 is 23.5 Å². The molecule has 0 aromatic carbocycles. The van der Waals surface area contributed by atoms with Crippen molar-refractivity contribution < 1.29 is 9.90 Å². The van der Waals surface area contributed by atoms with Gasteiger partial charge in [0.25, 0.3) is 0 Å². The third kappa shape index (κ3) is 1.85. The van der Waals surface area contributed by atoms with Crippen molar-refractivity contribution in [3.8, 4) is 0 Å². The molecule has 1 aliphatic rings. The van der Waals surface area contributed by atoms with E-state index >= 15 is 0 Å². The molecule has 0 aliphatic carbocycles. The normalized spacial score (nSPS) is 23.0. The third-order valence-electron chi connectivity index (χ3n) is 1.75. The molecular weight excluding hydrogens is 180 g/mol. The second-order valence-corrected chi connectivity index (χ2v) is 5.51. The average Bonchev–Trinajstić information content (AvgIpc) is 2.05. The zero-order valence-corrected chi connectivity index (χ0v) is 8.13. The summed E-state index contributed by atoms with van der Waals surface area (Å²) in [4.78, 5) is 10.9. The number of carboxylic acids is 1. The minimum absolute atomic E-state index is 0.530. The van der Waals surface area contributed by atoms with Crippen LogP contribution in [0.1, 0.15) is 19.8 Å². The van der Waals surface area contributed by atoms with Gasteiger partial charge in [0.1, 0.15) is 0 Å². The fourth-order valence-electron chi connectivity index (χ4n) is 1.05. The quantitative estimate of drug-likeness (QED) is 0.726. The maximum absolute atomic E-state index is 10.9. The van der Waals surface area contributed by atoms with E-state index in [4.69, 9.17) is 5.11 Å². The predicted octanol–water partition coefficient (Wildman–Crippen LogP) is 2.05. The Bertz CT molecular complexity index is 153. The summed E-state index contributed by atoms with van der Waals surface area (Å²) >= 11 is 3.16. The molecule has 0 amide bonds. The van der Waals surface area contributed by atoms with Crippen LogP contribution in [0.15, 0.2) is 0 Å². The number of hydrogen-bond donors (Lipinski definition) is 1. The Labute approximate surface area is 75.1 Å². The van der Waals surface area contributed by atoms with Gasteiger partial charge in [-0.2, -0.15) is 0 Å². The number of aliphatic carboxylic acids is 1. The first kappa shape index (κ1) is 9.26. The van der Waals surface area contributed by atoms with Crippen molar-refractivity contribution in [2.24, 2.45) is 0 Å². The van der Waals surface area contributed by atoms with Gasteiger partial charge in [-0.15, -0.1) is 23.5 Å². The van der Waals surface area contributed by atoms with Crippen molar-refractivity contribution in [2.75, 3.05) is 11.5 Å². The van der Waals surface area contributed by atoms with Crippen molar-refractivity contribution in [1.82, 2.24) is 0 Å². The van der Waals surface area contributed by atoms with Gasteiger partial charge >= 0.3 is 5.97 Å². The van der Waals surface area contributed by atoms with Crippen LogP contribution in [0.4, 0.5) is 0 Å². The zero-order valence-electron chi connectivity index (χ0n) is 6.50. The van der Waals surface area contributed by atoms with Gasteiger partial charge in [-0.1, -0.05) is 6.92 Å². The maximum atomic E-state index is 10.9. The highest BCUT2D eigenvalue weighted by atomic mass is 32.2. The maximum Gasteiger partial charge on any atom is 0.330 e. The SMILES string of the molecule is CCC1(C(=O)O)SCCCS1. The van der Waals surface area contributed by atoms with Gasteiger partial charge in [-0.25, -0.2) is 4.79 Å². The first-order valence-electron chi connectivity index (χ1n) is 3.72. The highest BCUT2D eigenvalue weighted by molar-refractivity contribution is 8.19. The summed E-state index contributed by atoms with van der Waals surface area (Å²) in [6, 6.07) is 0. The molecule has 0 bridgehead atoms. The Morgan fingerprint density at radius 2 is 2.09 bits per heavy atom. The van der Waals surface area contributed by atoms with Gasteiger partial charge in [0, 0.05) is 0 Å². The molecule has 0 unspecified atom stereocenters. The highest BCUT2D eigenvalue weighted by Gasteiger charge is 2.39. The molecule has 1 rings (SSSR count). The third-order valence-corrected chi connectivity index (χ3v) is 5.30. The number of hydrogen-bond acceptors (Lipinski definition) is 3. The lowest BCUT2D eigenvalue weighted by Crippen LogP contribution is -2.33. The molecule has 1 N–H and O–H groups in total. The van der Waals surface area contributed by atoms with Crippen LogP contribution in [0.25, 0.3) is 0 Å². The summed E-state index contributed by atoms with van der Waals surface area (Å²) in [5.74, 6) is 1.33. The summed E-state index contributed by atoms with van der Waals surface area (Å²) in [6.07, 6.45) is 1.86. The number of carbonyl (C=O) groups is 1. The van der Waals surface area contributed by atoms with Crippen molar-refractivity contribution in [1.29, 1.82) is 0 Å². The van der Waals surface area contributed by atoms with Crippen LogP contribution in [0.5, 0.6) is 0 Å². The van der Waals surface area contributed by atoms with Crippen LogP contribution in [0, 0.1) is 0 Å². The second-order valence-electron chi connectivity index (χ2n) is 2.46. The lowest BCUT2D eigenvalue weighted by molar-refractivity contribution is -0.137. The summed E-state index contributed by atoms with van der Waals surface area (Å²) in [7, 11) is 0. The minimum atomic E-state index is -0.658. The molecule has 0 aromatic rings. The number of carboxylic acid groups (broad SMARTS) is 1. The van der Waals surface area contributed by atoms with Crippen molar-refractivity contribution in [2.45, 2.75) is 23.8 Å². The van der Waals surface area contributed by atoms with Crippen LogP contribution in [0.2, 0.25) is 0 Å². The fraction of sp³-hybridized carbons (Fsp3) is 0.857. The molecule has 0 atom stereocenters. The fourth-order valence-corrected chi connectivity index (χ4v) is 3.96. The van der Waals surface area contributed by atoms with E-state index in [0.717, 1.165) is 24.3 Å². The monoisotopic (exact) mass is 192 g/mol. The van der Waals surface area contributed by atoms with E-state index in [-0.39, 0.29) is 0 Å². The molecule has 11 heavy (non-hydrogen) atoms. The standard InChI is InChI=1S/C7H12O2S2/c1-2-7(6(8)9)10-4-3-5-11-7/h2-5H2,1H3,(H,8,9). The van der Waals surface area contributed by atoms with E-state index < -0.39 is 10.0 Å². The Morgan fingerprint density at radius 1 is 1.55 bits per heavy atom. The Hall–Kier alpha value is 0.170. The summed E-state index contributed by atoms with van der Waals surface area (Å²) in [5.41, 5.74) is 0. The van der Waals surface area contributed by atoms with Crippen molar-refractivity contribution in [3.63, 3.8) is 0 Å². The molecule has 0 aromatic heterocycles. The zero-order chi connectivity index (χ0) is 8.32. The molecular formula is C7H12O2S2. The van der Waals surface area contributed by atoms with Gasteiger partial charge in [0.2, 0.25) is 0 Å². The Balaban J connectivity index is 2.64. The van der Waals surface area contributed by atoms with E-state index in [0.29, 0.717) is 0 Å². The van der Waals surface area contributed by atoms with Gasteiger partial charge in [0.15, 0.2) is 4.08 Å². The van der Waals surface area contributed by atoms with Gasteiger partial charge in [-0.3, -0.25) is 0 Å². The van der Waals surface area contributed by atoms with E-state index in [2.05, 4.69) is 0 Å². The molecule has 4 heteroatoms. The predicted molar refractivity (Wildman–Crippen MR) is 50.2 cm³/mol. The molecule has 1 heterocycles.